The largest absolute Gasteiger partial charge is 0.486 e. The maximum absolute atomic E-state index is 12.8. The quantitative estimate of drug-likeness (QED) is 0.812. The molecular weight excluding hydrogens is 350 g/mol. The van der Waals surface area contributed by atoms with Gasteiger partial charge in [-0.3, -0.25) is 9.78 Å². The van der Waals surface area contributed by atoms with Crippen molar-refractivity contribution in [1.82, 2.24) is 10.3 Å². The first-order chi connectivity index (χ1) is 11.7. The maximum atomic E-state index is 12.8. The van der Waals surface area contributed by atoms with E-state index in [4.69, 9.17) is 16.3 Å². The minimum Gasteiger partial charge on any atom is -0.486 e. The number of pyridine rings is 1. The van der Waals surface area contributed by atoms with Crippen LogP contribution in [-0.2, 0) is 0 Å². The average Bonchev–Trinajstić information content (AvgIpc) is 2.52. The number of nitrogens with zero attached hydrogens (tertiary/aromatic N) is 1. The molecule has 0 fully saturated rings. The normalized spacial score (nSPS) is 12.6. The molecule has 0 saturated carbocycles. The molecule has 0 aliphatic rings. The minimum absolute atomic E-state index is 0.101. The van der Waals surface area contributed by atoms with Gasteiger partial charge in [-0.15, -0.1) is 0 Å². The molecule has 134 valence electrons. The minimum atomic E-state index is -2.96. The lowest BCUT2D eigenvalue weighted by molar-refractivity contribution is -0.0229. The fourth-order valence-corrected chi connectivity index (χ4v) is 2.40. The van der Waals surface area contributed by atoms with Crippen molar-refractivity contribution in [1.29, 1.82) is 0 Å². The Bertz CT molecular complexity index is 763. The van der Waals surface area contributed by atoms with Crippen LogP contribution < -0.4 is 10.1 Å². The molecule has 0 saturated heterocycles. The number of aryl methyl sites for hydroxylation is 1. The fourth-order valence-electron chi connectivity index (χ4n) is 2.16. The Labute approximate surface area is 150 Å². The highest BCUT2D eigenvalue weighted by Crippen LogP contribution is 2.27. The highest BCUT2D eigenvalue weighted by molar-refractivity contribution is 6.32. The lowest BCUT2D eigenvalue weighted by atomic mass is 10.1. The predicted molar refractivity (Wildman–Crippen MR) is 92.4 cm³/mol. The molecule has 1 aromatic carbocycles. The van der Waals surface area contributed by atoms with Crippen LogP contribution >= 0.6 is 11.6 Å². The molecule has 0 aliphatic heterocycles. The Morgan fingerprint density at radius 3 is 2.68 bits per heavy atom. The van der Waals surface area contributed by atoms with Crippen LogP contribution in [0, 0.1) is 6.92 Å². The molecule has 0 aliphatic carbocycles. The van der Waals surface area contributed by atoms with E-state index >= 15 is 0 Å². The van der Waals surface area contributed by atoms with Crippen molar-refractivity contribution in [2.45, 2.75) is 32.7 Å². The topological polar surface area (TPSA) is 51.2 Å². The summed E-state index contributed by atoms with van der Waals surface area (Å²) in [4.78, 5) is 16.5. The highest BCUT2D eigenvalue weighted by Gasteiger charge is 2.23. The number of hydrogen-bond donors (Lipinski definition) is 1. The van der Waals surface area contributed by atoms with Gasteiger partial charge in [0.1, 0.15) is 5.75 Å². The molecule has 0 radical (unpaired) electrons. The number of carbonyl (C=O) groups is 1. The van der Waals surface area contributed by atoms with Gasteiger partial charge < -0.3 is 10.1 Å². The zero-order valence-electron chi connectivity index (χ0n) is 14.1. The number of carbonyl (C=O) groups excluding carboxylic acids is 1. The third-order valence-electron chi connectivity index (χ3n) is 3.44. The maximum Gasteiger partial charge on any atom is 0.278 e. The van der Waals surface area contributed by atoms with Crippen molar-refractivity contribution in [3.63, 3.8) is 0 Å². The molecule has 0 bridgehead atoms. The second-order valence-electron chi connectivity index (χ2n) is 5.93. The number of benzene rings is 1. The number of ether oxygens (including phenoxy) is 1. The van der Waals surface area contributed by atoms with Gasteiger partial charge in [-0.1, -0.05) is 11.6 Å². The number of aromatic nitrogens is 1. The van der Waals surface area contributed by atoms with E-state index < -0.39 is 12.5 Å². The van der Waals surface area contributed by atoms with Crippen molar-refractivity contribution in [3.05, 3.63) is 58.4 Å². The van der Waals surface area contributed by atoms with E-state index in [1.807, 2.05) is 26.0 Å². The zero-order chi connectivity index (χ0) is 18.6. The van der Waals surface area contributed by atoms with Gasteiger partial charge in [0.15, 0.2) is 6.61 Å². The molecule has 0 spiro atoms. The van der Waals surface area contributed by atoms with Crippen molar-refractivity contribution >= 4 is 17.5 Å². The Hall–Kier alpha value is -2.21. The van der Waals surface area contributed by atoms with E-state index in [1.54, 1.807) is 6.20 Å². The van der Waals surface area contributed by atoms with E-state index in [1.165, 1.54) is 18.2 Å². The lowest BCUT2D eigenvalue weighted by Gasteiger charge is -2.16. The summed E-state index contributed by atoms with van der Waals surface area (Å²) in [5, 5.41) is 2.96. The Balaban J connectivity index is 2.05. The highest BCUT2D eigenvalue weighted by atomic mass is 35.5. The monoisotopic (exact) mass is 368 g/mol. The Morgan fingerprint density at radius 2 is 2.08 bits per heavy atom. The van der Waals surface area contributed by atoms with Crippen LogP contribution in [0.1, 0.15) is 41.5 Å². The van der Waals surface area contributed by atoms with Crippen LogP contribution in [0.2, 0.25) is 5.02 Å². The molecule has 1 heterocycles. The van der Waals surface area contributed by atoms with Gasteiger partial charge in [-0.05, 0) is 49.7 Å². The van der Waals surface area contributed by atoms with Gasteiger partial charge in [-0.2, -0.15) is 0 Å². The Morgan fingerprint density at radius 1 is 1.36 bits per heavy atom. The molecule has 25 heavy (non-hydrogen) atoms. The lowest BCUT2D eigenvalue weighted by Crippen LogP contribution is -2.26. The van der Waals surface area contributed by atoms with Crippen LogP contribution in [0.4, 0.5) is 8.78 Å². The summed E-state index contributed by atoms with van der Waals surface area (Å²) in [6.07, 6.45) is 1.68. The smallest absolute Gasteiger partial charge is 0.278 e. The van der Waals surface area contributed by atoms with Crippen molar-refractivity contribution in [2.24, 2.45) is 0 Å². The van der Waals surface area contributed by atoms with Crippen molar-refractivity contribution in [2.75, 3.05) is 6.61 Å². The summed E-state index contributed by atoms with van der Waals surface area (Å²) in [7, 11) is 0. The molecule has 2 rings (SSSR count). The van der Waals surface area contributed by atoms with Gasteiger partial charge in [-0.25, -0.2) is 8.78 Å². The summed E-state index contributed by atoms with van der Waals surface area (Å²) >= 11 is 6.02. The first kappa shape index (κ1) is 19.1. The summed E-state index contributed by atoms with van der Waals surface area (Å²) in [5.41, 5.74) is 2.10. The predicted octanol–water partition coefficient (Wildman–Crippen LogP) is 4.57. The van der Waals surface area contributed by atoms with Crippen LogP contribution in [0.5, 0.6) is 5.75 Å². The van der Waals surface area contributed by atoms with Gasteiger partial charge >= 0.3 is 0 Å². The second-order valence-corrected chi connectivity index (χ2v) is 6.34. The summed E-state index contributed by atoms with van der Waals surface area (Å²) in [5.74, 6) is -3.17. The van der Waals surface area contributed by atoms with Crippen molar-refractivity contribution < 1.29 is 18.3 Å². The van der Waals surface area contributed by atoms with E-state index in [9.17, 15) is 13.6 Å². The number of rotatable bonds is 6. The molecule has 1 unspecified atom stereocenters. The van der Waals surface area contributed by atoms with Gasteiger partial charge in [0.05, 0.1) is 11.1 Å². The molecule has 1 aromatic heterocycles. The fraction of sp³-hybridized carbons (Fsp3) is 0.333. The van der Waals surface area contributed by atoms with Crippen LogP contribution in [0.25, 0.3) is 0 Å². The molecule has 1 N–H and O–H groups in total. The van der Waals surface area contributed by atoms with Crippen LogP contribution in [0.15, 0.2) is 36.5 Å². The number of amides is 1. The second kappa shape index (κ2) is 7.78. The zero-order valence-corrected chi connectivity index (χ0v) is 14.9. The third-order valence-corrected chi connectivity index (χ3v) is 3.74. The average molecular weight is 369 g/mol. The number of nitrogens with one attached hydrogen (secondary N) is 1. The standard InChI is InChI=1S/C18H19ClF2N2O2/c1-11-8-13(6-7-22-11)12(2)23-17(24)14-4-5-16(15(19)9-14)25-10-18(3,20)21/h4-9,12H,10H2,1-3H3,(H,23,24). The van der Waals surface area contributed by atoms with Gasteiger partial charge in [0.25, 0.3) is 11.8 Å². The van der Waals surface area contributed by atoms with Crippen molar-refractivity contribution in [3.8, 4) is 5.75 Å². The van der Waals surface area contributed by atoms with E-state index in [2.05, 4.69) is 10.3 Å². The molecule has 7 heteroatoms. The summed E-state index contributed by atoms with van der Waals surface area (Å²) < 4.78 is 30.7. The summed E-state index contributed by atoms with van der Waals surface area (Å²) in [6, 6.07) is 7.78. The first-order valence-corrected chi connectivity index (χ1v) is 8.07. The first-order valence-electron chi connectivity index (χ1n) is 7.69. The molecule has 1 atom stereocenters. The van der Waals surface area contributed by atoms with Crippen LogP contribution in [-0.4, -0.2) is 23.4 Å². The van der Waals surface area contributed by atoms with E-state index in [-0.39, 0.29) is 22.7 Å². The number of hydrogen-bond acceptors (Lipinski definition) is 3. The molecule has 1 amide bonds. The molecule has 2 aromatic rings. The molecular formula is C18H19ClF2N2O2. The van der Waals surface area contributed by atoms with Crippen LogP contribution in [0.3, 0.4) is 0 Å². The molecule has 4 nitrogen and oxygen atoms in total. The Kier molecular flexibility index (Phi) is 5.95. The van der Waals surface area contributed by atoms with E-state index in [0.717, 1.165) is 18.2 Å². The summed E-state index contributed by atoms with van der Waals surface area (Å²) in [6.45, 7) is 3.70. The third kappa shape index (κ3) is 5.67. The SMILES string of the molecule is Cc1cc(C(C)NC(=O)c2ccc(OCC(C)(F)F)c(Cl)c2)ccn1. The van der Waals surface area contributed by atoms with Gasteiger partial charge in [0.2, 0.25) is 0 Å². The number of halogens is 3. The van der Waals surface area contributed by atoms with Gasteiger partial charge in [0, 0.05) is 24.4 Å². The van der Waals surface area contributed by atoms with E-state index in [0.29, 0.717) is 5.56 Å². The number of alkyl halides is 2.